The van der Waals surface area contributed by atoms with E-state index in [1.165, 1.54) is 5.56 Å². The van der Waals surface area contributed by atoms with Crippen LogP contribution in [-0.4, -0.2) is 16.3 Å². The minimum atomic E-state index is 0.670. The molecule has 2 aromatic rings. The molecule has 0 aliphatic heterocycles. The Balaban J connectivity index is 2.03. The van der Waals surface area contributed by atoms with E-state index in [4.69, 9.17) is 0 Å². The van der Waals surface area contributed by atoms with Gasteiger partial charge < -0.3 is 5.32 Å². The summed E-state index contributed by atoms with van der Waals surface area (Å²) in [5.74, 6) is 0.670. The zero-order valence-electron chi connectivity index (χ0n) is 12.1. The van der Waals surface area contributed by atoms with Crippen LogP contribution in [0.4, 0.5) is 0 Å². The van der Waals surface area contributed by atoms with Crippen LogP contribution in [0.1, 0.15) is 32.0 Å². The van der Waals surface area contributed by atoms with Crippen LogP contribution in [0.15, 0.2) is 36.5 Å². The molecule has 1 N–H and O–H groups in total. The number of nitrogens with one attached hydrogen (secondary N) is 1. The van der Waals surface area contributed by atoms with Crippen LogP contribution in [-0.2, 0) is 13.0 Å². The lowest BCUT2D eigenvalue weighted by molar-refractivity contribution is 0.546. The largest absolute Gasteiger partial charge is 0.311 e. The Kier molecular flexibility index (Phi) is 4.74. The lowest BCUT2D eigenvalue weighted by atomic mass is 10.1. The third-order valence-electron chi connectivity index (χ3n) is 3.09. The van der Waals surface area contributed by atoms with Gasteiger partial charge in [-0.3, -0.25) is 0 Å². The van der Waals surface area contributed by atoms with Crippen LogP contribution < -0.4 is 5.32 Å². The summed E-state index contributed by atoms with van der Waals surface area (Å²) in [5, 5.41) is 8.02. The first-order valence-electron chi connectivity index (χ1n) is 7.03. The Morgan fingerprint density at radius 1 is 1.26 bits per heavy atom. The van der Waals surface area contributed by atoms with Crippen molar-refractivity contribution in [3.05, 3.63) is 47.8 Å². The first-order chi connectivity index (χ1) is 9.19. The van der Waals surface area contributed by atoms with Gasteiger partial charge in [-0.1, -0.05) is 32.9 Å². The molecule has 0 saturated heterocycles. The zero-order valence-corrected chi connectivity index (χ0v) is 12.1. The maximum absolute atomic E-state index is 4.61. The van der Waals surface area contributed by atoms with E-state index in [0.717, 1.165) is 30.9 Å². The van der Waals surface area contributed by atoms with Crippen molar-refractivity contribution in [1.82, 2.24) is 15.1 Å². The second-order valence-corrected chi connectivity index (χ2v) is 5.30. The Bertz CT molecular complexity index is 514. The molecule has 0 aliphatic rings. The number of benzene rings is 1. The SMILES string of the molecule is CCc1cccc(-n2ccc(CNCC(C)C)n2)c1. The van der Waals surface area contributed by atoms with Crippen molar-refractivity contribution in [1.29, 1.82) is 0 Å². The molecule has 0 unspecified atom stereocenters. The summed E-state index contributed by atoms with van der Waals surface area (Å²) >= 11 is 0. The first-order valence-corrected chi connectivity index (χ1v) is 7.03. The molecule has 0 amide bonds. The highest BCUT2D eigenvalue weighted by atomic mass is 15.3. The molecule has 0 fully saturated rings. The topological polar surface area (TPSA) is 29.9 Å². The fraction of sp³-hybridized carbons (Fsp3) is 0.438. The van der Waals surface area contributed by atoms with Gasteiger partial charge >= 0.3 is 0 Å². The van der Waals surface area contributed by atoms with Gasteiger partial charge in [0.25, 0.3) is 0 Å². The number of nitrogens with zero attached hydrogens (tertiary/aromatic N) is 2. The fourth-order valence-electron chi connectivity index (χ4n) is 2.01. The van der Waals surface area contributed by atoms with Gasteiger partial charge in [0.05, 0.1) is 11.4 Å². The molecule has 0 spiro atoms. The summed E-state index contributed by atoms with van der Waals surface area (Å²) in [4.78, 5) is 0. The van der Waals surface area contributed by atoms with E-state index in [-0.39, 0.29) is 0 Å². The van der Waals surface area contributed by atoms with E-state index in [9.17, 15) is 0 Å². The van der Waals surface area contributed by atoms with Crippen LogP contribution in [0.2, 0.25) is 0 Å². The zero-order chi connectivity index (χ0) is 13.7. The Hall–Kier alpha value is -1.61. The maximum Gasteiger partial charge on any atom is 0.0766 e. The molecule has 0 atom stereocenters. The van der Waals surface area contributed by atoms with Gasteiger partial charge in [-0.2, -0.15) is 5.10 Å². The van der Waals surface area contributed by atoms with Crippen molar-refractivity contribution >= 4 is 0 Å². The summed E-state index contributed by atoms with van der Waals surface area (Å²) in [6, 6.07) is 10.6. The average Bonchev–Trinajstić information content (AvgIpc) is 2.87. The number of hydrogen-bond acceptors (Lipinski definition) is 2. The lowest BCUT2D eigenvalue weighted by Crippen LogP contribution is -2.19. The Morgan fingerprint density at radius 2 is 2.11 bits per heavy atom. The van der Waals surface area contributed by atoms with Gasteiger partial charge in [-0.15, -0.1) is 0 Å². The third-order valence-corrected chi connectivity index (χ3v) is 3.09. The first kappa shape index (κ1) is 13.8. The summed E-state index contributed by atoms with van der Waals surface area (Å²) in [7, 11) is 0. The molecule has 0 radical (unpaired) electrons. The molecule has 3 heteroatoms. The average molecular weight is 257 g/mol. The third kappa shape index (κ3) is 3.93. The van der Waals surface area contributed by atoms with Gasteiger partial charge in [0.2, 0.25) is 0 Å². The maximum atomic E-state index is 4.61. The minimum absolute atomic E-state index is 0.670. The molecular weight excluding hydrogens is 234 g/mol. The monoisotopic (exact) mass is 257 g/mol. The van der Waals surface area contributed by atoms with Crippen LogP contribution in [0, 0.1) is 5.92 Å². The van der Waals surface area contributed by atoms with Crippen LogP contribution in [0.25, 0.3) is 5.69 Å². The highest BCUT2D eigenvalue weighted by Crippen LogP contribution is 2.11. The summed E-state index contributed by atoms with van der Waals surface area (Å²) in [6.07, 6.45) is 3.08. The Morgan fingerprint density at radius 3 is 2.84 bits per heavy atom. The predicted octanol–water partition coefficient (Wildman–Crippen LogP) is 3.18. The molecule has 3 nitrogen and oxygen atoms in total. The highest BCUT2D eigenvalue weighted by Gasteiger charge is 2.02. The summed E-state index contributed by atoms with van der Waals surface area (Å²) in [6.45, 7) is 8.45. The number of aromatic nitrogens is 2. The molecular formula is C16H23N3. The van der Waals surface area contributed by atoms with Crippen molar-refractivity contribution in [3.63, 3.8) is 0 Å². The van der Waals surface area contributed by atoms with E-state index in [2.05, 4.69) is 61.5 Å². The fourth-order valence-corrected chi connectivity index (χ4v) is 2.01. The van der Waals surface area contributed by atoms with Gasteiger partial charge in [-0.05, 0) is 42.6 Å². The van der Waals surface area contributed by atoms with Crippen molar-refractivity contribution < 1.29 is 0 Å². The molecule has 19 heavy (non-hydrogen) atoms. The lowest BCUT2D eigenvalue weighted by Gasteiger charge is -2.05. The van der Waals surface area contributed by atoms with Gasteiger partial charge in [0, 0.05) is 12.7 Å². The van der Waals surface area contributed by atoms with Crippen LogP contribution in [0.5, 0.6) is 0 Å². The van der Waals surface area contributed by atoms with Crippen molar-refractivity contribution in [3.8, 4) is 5.69 Å². The van der Waals surface area contributed by atoms with E-state index in [1.807, 2.05) is 10.9 Å². The van der Waals surface area contributed by atoms with Gasteiger partial charge in [0.15, 0.2) is 0 Å². The van der Waals surface area contributed by atoms with E-state index in [0.29, 0.717) is 5.92 Å². The van der Waals surface area contributed by atoms with E-state index >= 15 is 0 Å². The molecule has 2 rings (SSSR count). The molecule has 1 aromatic carbocycles. The van der Waals surface area contributed by atoms with E-state index < -0.39 is 0 Å². The number of hydrogen-bond donors (Lipinski definition) is 1. The number of aryl methyl sites for hydroxylation is 1. The van der Waals surface area contributed by atoms with Crippen LogP contribution in [0.3, 0.4) is 0 Å². The second kappa shape index (κ2) is 6.53. The van der Waals surface area contributed by atoms with E-state index in [1.54, 1.807) is 0 Å². The summed E-state index contributed by atoms with van der Waals surface area (Å²) < 4.78 is 1.95. The smallest absolute Gasteiger partial charge is 0.0766 e. The minimum Gasteiger partial charge on any atom is -0.311 e. The predicted molar refractivity (Wildman–Crippen MR) is 79.5 cm³/mol. The number of rotatable bonds is 6. The Labute approximate surface area is 115 Å². The van der Waals surface area contributed by atoms with Crippen molar-refractivity contribution in [2.75, 3.05) is 6.54 Å². The normalized spacial score (nSPS) is 11.2. The molecule has 1 heterocycles. The highest BCUT2D eigenvalue weighted by molar-refractivity contribution is 5.35. The molecule has 102 valence electrons. The van der Waals surface area contributed by atoms with Gasteiger partial charge in [0.1, 0.15) is 0 Å². The standard InChI is InChI=1S/C16H23N3/c1-4-14-6-5-7-16(10-14)19-9-8-15(18-19)12-17-11-13(2)3/h5-10,13,17H,4,11-12H2,1-3H3. The van der Waals surface area contributed by atoms with Crippen LogP contribution >= 0.6 is 0 Å². The molecule has 0 bridgehead atoms. The molecule has 0 saturated carbocycles. The molecule has 0 aliphatic carbocycles. The van der Waals surface area contributed by atoms with Crippen molar-refractivity contribution in [2.45, 2.75) is 33.7 Å². The quantitative estimate of drug-likeness (QED) is 0.861. The summed E-state index contributed by atoms with van der Waals surface area (Å²) in [5.41, 5.74) is 3.56. The van der Waals surface area contributed by atoms with Crippen molar-refractivity contribution in [2.24, 2.45) is 5.92 Å². The van der Waals surface area contributed by atoms with Gasteiger partial charge in [-0.25, -0.2) is 4.68 Å². The molecule has 1 aromatic heterocycles. The second-order valence-electron chi connectivity index (χ2n) is 5.30.